The van der Waals surface area contributed by atoms with Crippen LogP contribution in [0.2, 0.25) is 0 Å². The van der Waals surface area contributed by atoms with Gasteiger partial charge in [-0.2, -0.15) is 0 Å². The molecule has 1 saturated carbocycles. The number of carbonyl (C=O) groups is 1. The lowest BCUT2D eigenvalue weighted by molar-refractivity contribution is 0.0600. The number of hydrogen-bond acceptors (Lipinski definition) is 6. The summed E-state index contributed by atoms with van der Waals surface area (Å²) in [6.45, 7) is 0. The highest BCUT2D eigenvalue weighted by Gasteiger charge is 2.21. The average Bonchev–Trinajstić information content (AvgIpc) is 3.23. The minimum Gasteiger partial charge on any atom is -0.465 e. The molecule has 6 nitrogen and oxygen atoms in total. The number of thioether (sulfide) groups is 1. The van der Waals surface area contributed by atoms with Crippen LogP contribution in [0.3, 0.4) is 0 Å². The highest BCUT2D eigenvalue weighted by molar-refractivity contribution is 7.98. The average molecular weight is 318 g/mol. The molecule has 2 aromatic rings. The standard InChI is InChI=1S/C15H18N4O2S/c1-21-14(20)12-6-4-5-11(9-12)10-22-15-16-17-18-19(15)13-7-2-3-8-13/h4-6,9,13H,2-3,7-8,10H2,1H3. The van der Waals surface area contributed by atoms with Gasteiger partial charge in [0.15, 0.2) is 0 Å². The van der Waals surface area contributed by atoms with Crippen molar-refractivity contribution in [3.8, 4) is 0 Å². The molecule has 0 spiro atoms. The van der Waals surface area contributed by atoms with E-state index in [1.165, 1.54) is 20.0 Å². The van der Waals surface area contributed by atoms with Crippen molar-refractivity contribution in [1.82, 2.24) is 20.2 Å². The Labute approximate surface area is 133 Å². The maximum Gasteiger partial charge on any atom is 0.337 e. The number of benzene rings is 1. The van der Waals surface area contributed by atoms with Crippen LogP contribution < -0.4 is 0 Å². The van der Waals surface area contributed by atoms with Crippen molar-refractivity contribution in [2.45, 2.75) is 42.6 Å². The molecule has 1 aliphatic carbocycles. The molecule has 0 aliphatic heterocycles. The van der Waals surface area contributed by atoms with E-state index in [0.29, 0.717) is 11.6 Å². The molecule has 0 radical (unpaired) electrons. The fourth-order valence-corrected chi connectivity index (χ4v) is 3.60. The molecule has 0 amide bonds. The van der Waals surface area contributed by atoms with Gasteiger partial charge in [-0.25, -0.2) is 9.48 Å². The molecule has 7 heteroatoms. The molecular weight excluding hydrogens is 300 g/mol. The predicted octanol–water partition coefficient (Wildman–Crippen LogP) is 2.87. The van der Waals surface area contributed by atoms with Crippen LogP contribution in [0.5, 0.6) is 0 Å². The Kier molecular flexibility index (Phi) is 4.72. The smallest absolute Gasteiger partial charge is 0.337 e. The van der Waals surface area contributed by atoms with E-state index in [1.807, 2.05) is 22.9 Å². The number of hydrogen-bond donors (Lipinski definition) is 0. The topological polar surface area (TPSA) is 69.9 Å². The third-order valence-corrected chi connectivity index (χ3v) is 4.85. The summed E-state index contributed by atoms with van der Waals surface area (Å²) in [4.78, 5) is 11.6. The van der Waals surface area contributed by atoms with E-state index < -0.39 is 0 Å². The molecule has 1 aromatic carbocycles. The van der Waals surface area contributed by atoms with Crippen molar-refractivity contribution in [2.75, 3.05) is 7.11 Å². The van der Waals surface area contributed by atoms with E-state index in [2.05, 4.69) is 15.5 Å². The zero-order valence-electron chi connectivity index (χ0n) is 12.4. The van der Waals surface area contributed by atoms with Crippen LogP contribution in [0.25, 0.3) is 0 Å². The molecule has 1 heterocycles. The summed E-state index contributed by atoms with van der Waals surface area (Å²) >= 11 is 1.60. The van der Waals surface area contributed by atoms with Gasteiger partial charge >= 0.3 is 5.97 Å². The minimum absolute atomic E-state index is 0.317. The molecule has 116 valence electrons. The molecular formula is C15H18N4O2S. The van der Waals surface area contributed by atoms with Gasteiger partial charge in [-0.15, -0.1) is 5.10 Å². The first kappa shape index (κ1) is 15.0. The number of tetrazole rings is 1. The number of nitrogens with zero attached hydrogens (tertiary/aromatic N) is 4. The molecule has 22 heavy (non-hydrogen) atoms. The number of aromatic nitrogens is 4. The number of ether oxygens (including phenoxy) is 1. The molecule has 0 bridgehead atoms. The molecule has 0 N–H and O–H groups in total. The van der Waals surface area contributed by atoms with Crippen LogP contribution in [-0.4, -0.2) is 33.3 Å². The predicted molar refractivity (Wildman–Crippen MR) is 82.7 cm³/mol. The van der Waals surface area contributed by atoms with Gasteiger partial charge in [0.1, 0.15) is 0 Å². The second kappa shape index (κ2) is 6.91. The zero-order chi connectivity index (χ0) is 15.4. The van der Waals surface area contributed by atoms with Gasteiger partial charge in [-0.1, -0.05) is 36.7 Å². The highest BCUT2D eigenvalue weighted by Crippen LogP contribution is 2.32. The SMILES string of the molecule is COC(=O)c1cccc(CSc2nnnn2C2CCCC2)c1. The van der Waals surface area contributed by atoms with Gasteiger partial charge in [0.05, 0.1) is 18.7 Å². The summed E-state index contributed by atoms with van der Waals surface area (Å²) in [6, 6.07) is 7.88. The lowest BCUT2D eigenvalue weighted by Crippen LogP contribution is -2.08. The van der Waals surface area contributed by atoms with E-state index >= 15 is 0 Å². The largest absolute Gasteiger partial charge is 0.465 e. The van der Waals surface area contributed by atoms with E-state index in [0.717, 1.165) is 29.3 Å². The van der Waals surface area contributed by atoms with Crippen molar-refractivity contribution < 1.29 is 9.53 Å². The fourth-order valence-electron chi connectivity index (χ4n) is 2.71. The van der Waals surface area contributed by atoms with Gasteiger partial charge in [0.25, 0.3) is 0 Å². The second-order valence-electron chi connectivity index (χ2n) is 5.32. The van der Waals surface area contributed by atoms with Crippen LogP contribution in [0.15, 0.2) is 29.4 Å². The van der Waals surface area contributed by atoms with Crippen molar-refractivity contribution in [3.05, 3.63) is 35.4 Å². The molecule has 1 fully saturated rings. The third-order valence-electron chi connectivity index (χ3n) is 3.85. The molecule has 0 atom stereocenters. The van der Waals surface area contributed by atoms with Crippen molar-refractivity contribution in [3.63, 3.8) is 0 Å². The molecule has 0 saturated heterocycles. The Morgan fingerprint density at radius 1 is 1.41 bits per heavy atom. The number of methoxy groups -OCH3 is 1. The quantitative estimate of drug-likeness (QED) is 0.623. The highest BCUT2D eigenvalue weighted by atomic mass is 32.2. The number of esters is 1. The zero-order valence-corrected chi connectivity index (χ0v) is 13.3. The minimum atomic E-state index is -0.317. The van der Waals surface area contributed by atoms with E-state index in [4.69, 9.17) is 4.74 Å². The normalized spacial score (nSPS) is 15.1. The van der Waals surface area contributed by atoms with Crippen LogP contribution >= 0.6 is 11.8 Å². The van der Waals surface area contributed by atoms with E-state index in [9.17, 15) is 4.79 Å². The second-order valence-corrected chi connectivity index (χ2v) is 6.27. The molecule has 0 unspecified atom stereocenters. The first-order valence-corrected chi connectivity index (χ1v) is 8.34. The van der Waals surface area contributed by atoms with E-state index in [1.54, 1.807) is 17.8 Å². The van der Waals surface area contributed by atoms with Crippen LogP contribution in [0.4, 0.5) is 0 Å². The Hall–Kier alpha value is -1.89. The summed E-state index contributed by atoms with van der Waals surface area (Å²) in [5, 5.41) is 12.9. The summed E-state index contributed by atoms with van der Waals surface area (Å²) < 4.78 is 6.69. The van der Waals surface area contributed by atoms with Crippen molar-refractivity contribution in [2.24, 2.45) is 0 Å². The van der Waals surface area contributed by atoms with Crippen LogP contribution in [0.1, 0.15) is 47.6 Å². The van der Waals surface area contributed by atoms with Crippen molar-refractivity contribution in [1.29, 1.82) is 0 Å². The van der Waals surface area contributed by atoms with Gasteiger partial charge in [-0.3, -0.25) is 0 Å². The lowest BCUT2D eigenvalue weighted by atomic mass is 10.1. The van der Waals surface area contributed by atoms with Gasteiger partial charge < -0.3 is 4.74 Å². The third kappa shape index (κ3) is 3.30. The lowest BCUT2D eigenvalue weighted by Gasteiger charge is -2.10. The molecule has 1 aromatic heterocycles. The maximum atomic E-state index is 11.6. The fraction of sp³-hybridized carbons (Fsp3) is 0.467. The van der Waals surface area contributed by atoms with Crippen LogP contribution in [-0.2, 0) is 10.5 Å². The Morgan fingerprint density at radius 2 is 2.23 bits per heavy atom. The van der Waals surface area contributed by atoms with Gasteiger partial charge in [0.2, 0.25) is 5.16 Å². The first-order chi connectivity index (χ1) is 10.8. The molecule has 3 rings (SSSR count). The van der Waals surface area contributed by atoms with E-state index in [-0.39, 0.29) is 5.97 Å². The molecule has 1 aliphatic rings. The Morgan fingerprint density at radius 3 is 3.00 bits per heavy atom. The first-order valence-electron chi connectivity index (χ1n) is 7.36. The summed E-state index contributed by atoms with van der Waals surface area (Å²) in [6.07, 6.45) is 4.79. The summed E-state index contributed by atoms with van der Waals surface area (Å²) in [7, 11) is 1.39. The Balaban J connectivity index is 1.68. The monoisotopic (exact) mass is 318 g/mol. The summed E-state index contributed by atoms with van der Waals surface area (Å²) in [5.74, 6) is 0.403. The van der Waals surface area contributed by atoms with Gasteiger partial charge in [0, 0.05) is 5.75 Å². The van der Waals surface area contributed by atoms with Crippen molar-refractivity contribution >= 4 is 17.7 Å². The van der Waals surface area contributed by atoms with Crippen LogP contribution in [0, 0.1) is 0 Å². The summed E-state index contributed by atoms with van der Waals surface area (Å²) in [5.41, 5.74) is 1.62. The maximum absolute atomic E-state index is 11.6. The number of rotatable bonds is 5. The van der Waals surface area contributed by atoms with Gasteiger partial charge in [-0.05, 0) is 41.0 Å². The number of carbonyl (C=O) groups excluding carboxylic acids is 1. The Bertz CT molecular complexity index is 652.